The summed E-state index contributed by atoms with van der Waals surface area (Å²) in [7, 11) is 2.22. The molecule has 1 aliphatic heterocycles. The molecule has 3 rings (SSSR count). The first kappa shape index (κ1) is 14.1. The van der Waals surface area contributed by atoms with E-state index < -0.39 is 0 Å². The molecular weight excluding hydrogens is 246 g/mol. The van der Waals surface area contributed by atoms with Crippen molar-refractivity contribution in [3.63, 3.8) is 0 Å². The third-order valence-corrected chi connectivity index (χ3v) is 4.64. The number of hydrogen-bond acceptors (Lipinski definition) is 3. The van der Waals surface area contributed by atoms with Gasteiger partial charge in [-0.25, -0.2) is 0 Å². The van der Waals surface area contributed by atoms with E-state index in [-0.39, 0.29) is 0 Å². The smallest absolute Gasteiger partial charge is 0.0349 e. The van der Waals surface area contributed by atoms with Gasteiger partial charge in [-0.1, -0.05) is 30.3 Å². The molecule has 110 valence electrons. The number of likely N-dealkylation sites (N-methyl/N-ethyl adjacent to an activating group) is 1. The SMILES string of the molecule is CN1CCN(CCNC(c2ccccc2)C2CC2)CC1. The summed E-state index contributed by atoms with van der Waals surface area (Å²) in [6.45, 7) is 7.16. The maximum absolute atomic E-state index is 3.80. The number of nitrogens with one attached hydrogen (secondary N) is 1. The predicted molar refractivity (Wildman–Crippen MR) is 83.8 cm³/mol. The highest BCUT2D eigenvalue weighted by Gasteiger charge is 2.31. The summed E-state index contributed by atoms with van der Waals surface area (Å²) in [5, 5.41) is 3.80. The van der Waals surface area contributed by atoms with Crippen LogP contribution < -0.4 is 5.32 Å². The lowest BCUT2D eigenvalue weighted by atomic mass is 10.0. The summed E-state index contributed by atoms with van der Waals surface area (Å²) in [6, 6.07) is 11.5. The molecule has 1 N–H and O–H groups in total. The summed E-state index contributed by atoms with van der Waals surface area (Å²) >= 11 is 0. The van der Waals surface area contributed by atoms with Crippen LogP contribution in [0.2, 0.25) is 0 Å². The zero-order valence-electron chi connectivity index (χ0n) is 12.6. The van der Waals surface area contributed by atoms with Crippen molar-refractivity contribution in [1.82, 2.24) is 15.1 Å². The predicted octanol–water partition coefficient (Wildman–Crippen LogP) is 1.97. The molecular formula is C17H27N3. The van der Waals surface area contributed by atoms with Crippen LogP contribution in [-0.4, -0.2) is 56.1 Å². The normalized spacial score (nSPS) is 22.9. The highest BCUT2D eigenvalue weighted by Crippen LogP contribution is 2.40. The van der Waals surface area contributed by atoms with Crippen LogP contribution in [0.3, 0.4) is 0 Å². The quantitative estimate of drug-likeness (QED) is 0.855. The number of hydrogen-bond donors (Lipinski definition) is 1. The molecule has 0 aromatic heterocycles. The Balaban J connectivity index is 1.46. The number of benzene rings is 1. The summed E-state index contributed by atoms with van der Waals surface area (Å²) in [5.41, 5.74) is 1.47. The van der Waals surface area contributed by atoms with Crippen molar-refractivity contribution in [2.24, 2.45) is 5.92 Å². The molecule has 1 heterocycles. The van der Waals surface area contributed by atoms with Crippen LogP contribution >= 0.6 is 0 Å². The average molecular weight is 273 g/mol. The molecule has 3 heteroatoms. The van der Waals surface area contributed by atoms with Crippen molar-refractivity contribution in [3.05, 3.63) is 35.9 Å². The van der Waals surface area contributed by atoms with Crippen LogP contribution in [0.4, 0.5) is 0 Å². The maximum atomic E-state index is 3.80. The molecule has 1 aromatic carbocycles. The summed E-state index contributed by atoms with van der Waals surface area (Å²) in [6.07, 6.45) is 2.78. The Morgan fingerprint density at radius 3 is 2.45 bits per heavy atom. The van der Waals surface area contributed by atoms with Crippen molar-refractivity contribution in [3.8, 4) is 0 Å². The lowest BCUT2D eigenvalue weighted by Gasteiger charge is -2.32. The van der Waals surface area contributed by atoms with Crippen LogP contribution in [0, 0.1) is 5.92 Å². The van der Waals surface area contributed by atoms with E-state index >= 15 is 0 Å². The third-order valence-electron chi connectivity index (χ3n) is 4.64. The molecule has 0 radical (unpaired) electrons. The largest absolute Gasteiger partial charge is 0.308 e. The molecule has 0 spiro atoms. The zero-order chi connectivity index (χ0) is 13.8. The minimum atomic E-state index is 0.573. The number of piperazine rings is 1. The van der Waals surface area contributed by atoms with Crippen LogP contribution in [0.5, 0.6) is 0 Å². The molecule has 1 aliphatic carbocycles. The Morgan fingerprint density at radius 1 is 1.10 bits per heavy atom. The highest BCUT2D eigenvalue weighted by atomic mass is 15.2. The topological polar surface area (TPSA) is 18.5 Å². The van der Waals surface area contributed by atoms with Gasteiger partial charge in [-0.3, -0.25) is 4.90 Å². The first-order valence-corrected chi connectivity index (χ1v) is 8.02. The number of rotatable bonds is 6. The highest BCUT2D eigenvalue weighted by molar-refractivity contribution is 5.21. The van der Waals surface area contributed by atoms with Gasteiger partial charge < -0.3 is 10.2 Å². The lowest BCUT2D eigenvalue weighted by Crippen LogP contribution is -2.46. The van der Waals surface area contributed by atoms with Gasteiger partial charge in [0.25, 0.3) is 0 Å². The van der Waals surface area contributed by atoms with Crippen molar-refractivity contribution < 1.29 is 0 Å². The van der Waals surface area contributed by atoms with E-state index in [1.165, 1.54) is 51.1 Å². The number of nitrogens with zero attached hydrogens (tertiary/aromatic N) is 2. The van der Waals surface area contributed by atoms with E-state index in [4.69, 9.17) is 0 Å². The average Bonchev–Trinajstić information content (AvgIpc) is 3.31. The Hall–Kier alpha value is -0.900. The Labute approximate surface area is 123 Å². The van der Waals surface area contributed by atoms with E-state index in [9.17, 15) is 0 Å². The van der Waals surface area contributed by atoms with Crippen molar-refractivity contribution in [1.29, 1.82) is 0 Å². The molecule has 1 saturated heterocycles. The fourth-order valence-electron chi connectivity index (χ4n) is 3.10. The van der Waals surface area contributed by atoms with E-state index in [0.717, 1.165) is 12.5 Å². The second-order valence-corrected chi connectivity index (χ2v) is 6.32. The van der Waals surface area contributed by atoms with E-state index in [1.54, 1.807) is 0 Å². The fourth-order valence-corrected chi connectivity index (χ4v) is 3.10. The second-order valence-electron chi connectivity index (χ2n) is 6.32. The fraction of sp³-hybridized carbons (Fsp3) is 0.647. The van der Waals surface area contributed by atoms with Gasteiger partial charge in [0, 0.05) is 45.3 Å². The summed E-state index contributed by atoms with van der Waals surface area (Å²) in [5.74, 6) is 0.866. The molecule has 2 fully saturated rings. The minimum absolute atomic E-state index is 0.573. The molecule has 1 unspecified atom stereocenters. The molecule has 0 amide bonds. The van der Waals surface area contributed by atoms with E-state index in [1.807, 2.05) is 0 Å². The van der Waals surface area contributed by atoms with Gasteiger partial charge in [0.15, 0.2) is 0 Å². The van der Waals surface area contributed by atoms with Crippen LogP contribution in [0.25, 0.3) is 0 Å². The van der Waals surface area contributed by atoms with Gasteiger partial charge in [0.05, 0.1) is 0 Å². The van der Waals surface area contributed by atoms with E-state index in [0.29, 0.717) is 6.04 Å². The summed E-state index contributed by atoms with van der Waals surface area (Å²) in [4.78, 5) is 5.00. The van der Waals surface area contributed by atoms with Gasteiger partial charge in [0.2, 0.25) is 0 Å². The van der Waals surface area contributed by atoms with Gasteiger partial charge in [-0.05, 0) is 31.4 Å². The lowest BCUT2D eigenvalue weighted by molar-refractivity contribution is 0.153. The minimum Gasteiger partial charge on any atom is -0.308 e. The van der Waals surface area contributed by atoms with Gasteiger partial charge in [-0.15, -0.1) is 0 Å². The standard InChI is InChI=1S/C17H27N3/c1-19-11-13-20(14-12-19)10-9-18-17(16-7-8-16)15-5-3-2-4-6-15/h2-6,16-18H,7-14H2,1H3. The molecule has 20 heavy (non-hydrogen) atoms. The first-order valence-electron chi connectivity index (χ1n) is 8.02. The molecule has 2 aliphatic rings. The molecule has 1 aromatic rings. The molecule has 1 saturated carbocycles. The molecule has 1 atom stereocenters. The second kappa shape index (κ2) is 6.70. The van der Waals surface area contributed by atoms with Crippen LogP contribution in [0.15, 0.2) is 30.3 Å². The van der Waals surface area contributed by atoms with Gasteiger partial charge >= 0.3 is 0 Å². The zero-order valence-corrected chi connectivity index (χ0v) is 12.6. The van der Waals surface area contributed by atoms with Crippen molar-refractivity contribution in [2.45, 2.75) is 18.9 Å². The van der Waals surface area contributed by atoms with Gasteiger partial charge in [0.1, 0.15) is 0 Å². The Kier molecular flexibility index (Phi) is 4.71. The maximum Gasteiger partial charge on any atom is 0.0349 e. The molecule has 0 bridgehead atoms. The van der Waals surface area contributed by atoms with Crippen molar-refractivity contribution >= 4 is 0 Å². The summed E-state index contributed by atoms with van der Waals surface area (Å²) < 4.78 is 0. The first-order chi connectivity index (χ1) is 9.83. The Morgan fingerprint density at radius 2 is 1.80 bits per heavy atom. The monoisotopic (exact) mass is 273 g/mol. The van der Waals surface area contributed by atoms with Crippen LogP contribution in [0.1, 0.15) is 24.4 Å². The third kappa shape index (κ3) is 3.81. The van der Waals surface area contributed by atoms with E-state index in [2.05, 4.69) is 52.5 Å². The van der Waals surface area contributed by atoms with Gasteiger partial charge in [-0.2, -0.15) is 0 Å². The van der Waals surface area contributed by atoms with Crippen LogP contribution in [-0.2, 0) is 0 Å². The molecule has 3 nitrogen and oxygen atoms in total. The Bertz CT molecular complexity index is 394. The van der Waals surface area contributed by atoms with Crippen molar-refractivity contribution in [2.75, 3.05) is 46.3 Å².